The average Bonchev–Trinajstić information content (AvgIpc) is 3.21. The maximum Gasteiger partial charge on any atom is 0.416 e. The number of ether oxygens (including phenoxy) is 1. The third-order valence-corrected chi connectivity index (χ3v) is 3.57. The third-order valence-electron chi connectivity index (χ3n) is 3.57. The smallest absolute Gasteiger partial charge is 0.416 e. The Morgan fingerprint density at radius 2 is 1.73 bits per heavy atom. The monoisotopic (exact) mass is 326 g/mol. The van der Waals surface area contributed by atoms with Gasteiger partial charge in [0.1, 0.15) is 0 Å². The quantitative estimate of drug-likeness (QED) is 0.608. The summed E-state index contributed by atoms with van der Waals surface area (Å²) in [6.45, 7) is 0. The van der Waals surface area contributed by atoms with Gasteiger partial charge in [-0.3, -0.25) is 4.79 Å². The second-order valence-electron chi connectivity index (χ2n) is 5.14. The zero-order chi connectivity index (χ0) is 16.7. The Morgan fingerprint density at radius 1 is 1.14 bits per heavy atom. The van der Waals surface area contributed by atoms with Crippen molar-refractivity contribution in [2.75, 3.05) is 7.11 Å². The lowest BCUT2D eigenvalue weighted by Gasteiger charge is -2.21. The first-order chi connectivity index (χ1) is 10.1. The molecule has 1 unspecified atom stereocenters. The Labute approximate surface area is 122 Å². The summed E-state index contributed by atoms with van der Waals surface area (Å²) in [5.74, 6) is -2.39. The number of rotatable bonds is 3. The lowest BCUT2D eigenvalue weighted by Crippen LogP contribution is -2.22. The summed E-state index contributed by atoms with van der Waals surface area (Å²) in [6, 6.07) is 1.34. The summed E-state index contributed by atoms with van der Waals surface area (Å²) in [4.78, 5) is 11.7. The molecule has 0 aromatic heterocycles. The van der Waals surface area contributed by atoms with E-state index in [4.69, 9.17) is 0 Å². The van der Waals surface area contributed by atoms with Crippen LogP contribution in [0.2, 0.25) is 0 Å². The lowest BCUT2D eigenvalue weighted by molar-refractivity contribution is -0.145. The number of carbonyl (C=O) groups excluding carboxylic acids is 1. The van der Waals surface area contributed by atoms with Gasteiger partial charge in [-0.1, -0.05) is 6.07 Å². The van der Waals surface area contributed by atoms with Crippen molar-refractivity contribution >= 4 is 5.97 Å². The number of hydrogen-bond donors (Lipinski definition) is 0. The van der Waals surface area contributed by atoms with Crippen LogP contribution in [-0.2, 0) is 21.9 Å². The molecule has 22 heavy (non-hydrogen) atoms. The van der Waals surface area contributed by atoms with Crippen molar-refractivity contribution in [2.45, 2.75) is 31.1 Å². The first-order valence-electron chi connectivity index (χ1n) is 6.42. The van der Waals surface area contributed by atoms with Crippen molar-refractivity contribution in [3.63, 3.8) is 0 Å². The SMILES string of the molecule is COC(=O)C(c1ccc(C(F)(F)F)cc1C(F)(F)F)C1CC1. The standard InChI is InChI=1S/C14H12F6O2/c1-22-12(21)11(7-2-3-7)9-5-4-8(13(15,16)17)6-10(9)14(18,19)20/h4-7,11H,2-3H2,1H3. The molecule has 0 aliphatic heterocycles. The zero-order valence-corrected chi connectivity index (χ0v) is 11.4. The number of halogens is 6. The summed E-state index contributed by atoms with van der Waals surface area (Å²) < 4.78 is 81.7. The summed E-state index contributed by atoms with van der Waals surface area (Å²) in [6.07, 6.45) is -8.80. The van der Waals surface area contributed by atoms with Crippen LogP contribution in [0.25, 0.3) is 0 Å². The molecule has 1 saturated carbocycles. The lowest BCUT2D eigenvalue weighted by atomic mass is 9.88. The molecule has 1 aliphatic carbocycles. The maximum atomic E-state index is 13.1. The molecular weight excluding hydrogens is 314 g/mol. The highest BCUT2D eigenvalue weighted by atomic mass is 19.4. The van der Waals surface area contributed by atoms with E-state index in [1.54, 1.807) is 0 Å². The average molecular weight is 326 g/mol. The molecule has 2 nitrogen and oxygen atoms in total. The fourth-order valence-electron chi connectivity index (χ4n) is 2.38. The van der Waals surface area contributed by atoms with E-state index in [2.05, 4.69) is 4.74 Å². The number of benzene rings is 1. The number of carbonyl (C=O) groups is 1. The van der Waals surface area contributed by atoms with Gasteiger partial charge in [-0.15, -0.1) is 0 Å². The number of alkyl halides is 6. The molecule has 1 atom stereocenters. The number of esters is 1. The molecule has 0 amide bonds. The highest BCUT2D eigenvalue weighted by molar-refractivity contribution is 5.79. The number of hydrogen-bond acceptors (Lipinski definition) is 2. The molecule has 1 aromatic rings. The molecule has 1 aromatic carbocycles. The maximum absolute atomic E-state index is 13.1. The van der Waals surface area contributed by atoms with E-state index in [0.29, 0.717) is 18.9 Å². The van der Waals surface area contributed by atoms with Crippen molar-refractivity contribution in [2.24, 2.45) is 5.92 Å². The summed E-state index contributed by atoms with van der Waals surface area (Å²) >= 11 is 0. The van der Waals surface area contributed by atoms with Gasteiger partial charge in [0.15, 0.2) is 0 Å². The van der Waals surface area contributed by atoms with Crippen molar-refractivity contribution in [1.29, 1.82) is 0 Å². The van der Waals surface area contributed by atoms with Gasteiger partial charge in [-0.25, -0.2) is 0 Å². The summed E-state index contributed by atoms with van der Waals surface area (Å²) in [5, 5.41) is 0. The van der Waals surface area contributed by atoms with Crippen molar-refractivity contribution in [3.05, 3.63) is 34.9 Å². The van der Waals surface area contributed by atoms with Crippen LogP contribution in [0.1, 0.15) is 35.4 Å². The third kappa shape index (κ3) is 3.36. The normalized spacial score (nSPS) is 17.2. The molecule has 1 fully saturated rings. The van der Waals surface area contributed by atoms with Crippen LogP contribution in [0, 0.1) is 5.92 Å². The highest BCUT2D eigenvalue weighted by Crippen LogP contribution is 2.47. The molecular formula is C14H12F6O2. The molecule has 0 heterocycles. The van der Waals surface area contributed by atoms with E-state index in [-0.39, 0.29) is 12.0 Å². The van der Waals surface area contributed by atoms with E-state index in [0.717, 1.165) is 13.2 Å². The second kappa shape index (κ2) is 5.48. The van der Waals surface area contributed by atoms with E-state index >= 15 is 0 Å². The van der Waals surface area contributed by atoms with E-state index in [1.807, 2.05) is 0 Å². The topological polar surface area (TPSA) is 26.3 Å². The minimum atomic E-state index is -4.99. The van der Waals surface area contributed by atoms with Gasteiger partial charge in [0.25, 0.3) is 0 Å². The van der Waals surface area contributed by atoms with Crippen LogP contribution in [-0.4, -0.2) is 13.1 Å². The Hall–Kier alpha value is -1.73. The van der Waals surface area contributed by atoms with Crippen molar-refractivity contribution in [1.82, 2.24) is 0 Å². The van der Waals surface area contributed by atoms with Gasteiger partial charge < -0.3 is 4.74 Å². The molecule has 0 bridgehead atoms. The minimum Gasteiger partial charge on any atom is -0.469 e. The van der Waals surface area contributed by atoms with Gasteiger partial charge in [0.2, 0.25) is 0 Å². The van der Waals surface area contributed by atoms with E-state index in [1.165, 1.54) is 0 Å². The minimum absolute atomic E-state index is 0.0493. The van der Waals surface area contributed by atoms with Gasteiger partial charge in [0, 0.05) is 0 Å². The predicted molar refractivity (Wildman–Crippen MR) is 63.9 cm³/mol. The molecule has 0 radical (unpaired) electrons. The molecule has 8 heteroatoms. The van der Waals surface area contributed by atoms with Gasteiger partial charge in [-0.05, 0) is 36.5 Å². The van der Waals surface area contributed by atoms with Gasteiger partial charge in [0.05, 0.1) is 24.2 Å². The molecule has 1 aliphatic rings. The Balaban J connectivity index is 2.57. The summed E-state index contributed by atoms with van der Waals surface area (Å²) in [7, 11) is 1.04. The molecule has 0 N–H and O–H groups in total. The fraction of sp³-hybridized carbons (Fsp3) is 0.500. The Kier molecular flexibility index (Phi) is 4.14. The Bertz CT molecular complexity index is 572. The predicted octanol–water partition coefficient (Wildman–Crippen LogP) is 4.39. The van der Waals surface area contributed by atoms with Gasteiger partial charge >= 0.3 is 18.3 Å². The molecule has 122 valence electrons. The van der Waals surface area contributed by atoms with Crippen LogP contribution in [0.15, 0.2) is 18.2 Å². The van der Waals surface area contributed by atoms with E-state index < -0.39 is 40.9 Å². The first-order valence-corrected chi connectivity index (χ1v) is 6.42. The van der Waals surface area contributed by atoms with Crippen LogP contribution >= 0.6 is 0 Å². The largest absolute Gasteiger partial charge is 0.469 e. The van der Waals surface area contributed by atoms with Crippen LogP contribution < -0.4 is 0 Å². The zero-order valence-electron chi connectivity index (χ0n) is 11.4. The fourth-order valence-corrected chi connectivity index (χ4v) is 2.38. The van der Waals surface area contributed by atoms with Crippen LogP contribution in [0.3, 0.4) is 0 Å². The molecule has 0 spiro atoms. The molecule has 0 saturated heterocycles. The molecule has 2 rings (SSSR count). The first kappa shape index (κ1) is 16.6. The van der Waals surface area contributed by atoms with Crippen LogP contribution in [0.5, 0.6) is 0 Å². The Morgan fingerprint density at radius 3 is 2.14 bits per heavy atom. The van der Waals surface area contributed by atoms with Gasteiger partial charge in [-0.2, -0.15) is 26.3 Å². The van der Waals surface area contributed by atoms with E-state index in [9.17, 15) is 31.1 Å². The second-order valence-corrected chi connectivity index (χ2v) is 5.14. The summed E-state index contributed by atoms with van der Waals surface area (Å²) in [5.41, 5.74) is -3.30. The van der Waals surface area contributed by atoms with Crippen molar-refractivity contribution in [3.8, 4) is 0 Å². The highest BCUT2D eigenvalue weighted by Gasteiger charge is 2.45. The van der Waals surface area contributed by atoms with Crippen LogP contribution in [0.4, 0.5) is 26.3 Å². The number of methoxy groups -OCH3 is 1. The van der Waals surface area contributed by atoms with Crippen molar-refractivity contribution < 1.29 is 35.9 Å².